The molecule has 0 radical (unpaired) electrons. The van der Waals surface area contributed by atoms with Gasteiger partial charge in [0.05, 0.1) is 12.2 Å². The molecule has 0 bridgehead atoms. The maximum Gasteiger partial charge on any atom is 0.278 e. The van der Waals surface area contributed by atoms with Crippen LogP contribution < -0.4 is 5.56 Å². The molecule has 0 saturated carbocycles. The van der Waals surface area contributed by atoms with Gasteiger partial charge in [0.25, 0.3) is 5.56 Å². The summed E-state index contributed by atoms with van der Waals surface area (Å²) in [7, 11) is 3.27. The normalized spacial score (nSPS) is 11.2. The molecule has 5 nitrogen and oxygen atoms in total. The van der Waals surface area contributed by atoms with Crippen LogP contribution in [0.15, 0.2) is 53.3 Å². The summed E-state index contributed by atoms with van der Waals surface area (Å²) in [6, 6.07) is 16.0. The van der Waals surface area contributed by atoms with E-state index in [2.05, 4.69) is 5.10 Å². The van der Waals surface area contributed by atoms with Gasteiger partial charge in [0, 0.05) is 34.7 Å². The van der Waals surface area contributed by atoms with Gasteiger partial charge in [0.15, 0.2) is 5.75 Å². The lowest BCUT2D eigenvalue weighted by atomic mass is 9.98. The molecule has 142 valence electrons. The predicted molar refractivity (Wildman–Crippen MR) is 113 cm³/mol. The zero-order chi connectivity index (χ0) is 19.8. The van der Waals surface area contributed by atoms with Gasteiger partial charge in [-0.3, -0.25) is 4.79 Å². The number of benzene rings is 2. The first-order valence-electron chi connectivity index (χ1n) is 8.88. The van der Waals surface area contributed by atoms with Crippen molar-refractivity contribution in [1.29, 1.82) is 0 Å². The van der Waals surface area contributed by atoms with E-state index in [9.17, 15) is 9.90 Å². The van der Waals surface area contributed by atoms with Gasteiger partial charge >= 0.3 is 0 Å². The third kappa shape index (κ3) is 3.00. The van der Waals surface area contributed by atoms with Crippen LogP contribution in [-0.4, -0.2) is 22.0 Å². The quantitative estimate of drug-likeness (QED) is 0.556. The first-order valence-corrected chi connectivity index (χ1v) is 9.70. The topological polar surface area (TPSA) is 64.3 Å². The molecule has 0 spiro atoms. The molecule has 2 heterocycles. The molecule has 0 aliphatic heterocycles. The van der Waals surface area contributed by atoms with Crippen LogP contribution in [0.4, 0.5) is 0 Å². The summed E-state index contributed by atoms with van der Waals surface area (Å²) in [5.41, 5.74) is 3.23. The van der Waals surface area contributed by atoms with Crippen molar-refractivity contribution in [2.24, 2.45) is 7.05 Å². The highest BCUT2D eigenvalue weighted by Crippen LogP contribution is 2.46. The Hall–Kier alpha value is -2.96. The number of aryl methyl sites for hydroxylation is 2. The van der Waals surface area contributed by atoms with Gasteiger partial charge in [-0.05, 0) is 24.1 Å². The van der Waals surface area contributed by atoms with E-state index in [1.807, 2.05) is 48.5 Å². The number of hydrogen-bond acceptors (Lipinski definition) is 5. The molecule has 0 amide bonds. The summed E-state index contributed by atoms with van der Waals surface area (Å²) in [6.07, 6.45) is 0. The second kappa shape index (κ2) is 7.22. The van der Waals surface area contributed by atoms with Crippen LogP contribution in [0.25, 0.3) is 31.7 Å². The molecule has 0 fully saturated rings. The lowest BCUT2D eigenvalue weighted by Gasteiger charge is -2.11. The third-order valence-electron chi connectivity index (χ3n) is 4.76. The van der Waals surface area contributed by atoms with Gasteiger partial charge in [-0.2, -0.15) is 5.10 Å². The maximum atomic E-state index is 12.9. The summed E-state index contributed by atoms with van der Waals surface area (Å²) < 4.78 is 7.53. The fourth-order valence-corrected chi connectivity index (χ4v) is 4.62. The van der Waals surface area contributed by atoms with E-state index >= 15 is 0 Å². The van der Waals surface area contributed by atoms with E-state index in [1.165, 1.54) is 4.68 Å². The molecule has 0 unspecified atom stereocenters. The minimum Gasteiger partial charge on any atom is -0.505 e. The van der Waals surface area contributed by atoms with Crippen molar-refractivity contribution >= 4 is 21.4 Å². The Bertz CT molecular complexity index is 1220. The Labute approximate surface area is 166 Å². The molecule has 0 atom stereocenters. The lowest BCUT2D eigenvalue weighted by molar-refractivity contribution is 0.185. The Kier molecular flexibility index (Phi) is 4.75. The highest BCUT2D eigenvalue weighted by molar-refractivity contribution is 7.23. The average Bonchev–Trinajstić information content (AvgIpc) is 3.07. The van der Waals surface area contributed by atoms with E-state index in [4.69, 9.17) is 4.74 Å². The fourth-order valence-electron chi connectivity index (χ4n) is 3.40. The van der Waals surface area contributed by atoms with Gasteiger partial charge in [-0.25, -0.2) is 4.68 Å². The Morgan fingerprint density at radius 3 is 2.54 bits per heavy atom. The predicted octanol–water partition coefficient (Wildman–Crippen LogP) is 4.49. The molecule has 0 aliphatic carbocycles. The van der Waals surface area contributed by atoms with Crippen molar-refractivity contribution in [2.75, 3.05) is 7.11 Å². The van der Waals surface area contributed by atoms with Crippen LogP contribution in [-0.2, 0) is 18.4 Å². The Balaban J connectivity index is 2.04. The average molecular weight is 392 g/mol. The minimum absolute atomic E-state index is 0.0658. The Morgan fingerprint density at radius 1 is 1.11 bits per heavy atom. The van der Waals surface area contributed by atoms with Crippen LogP contribution in [0.1, 0.15) is 11.3 Å². The minimum atomic E-state index is -0.316. The van der Waals surface area contributed by atoms with Gasteiger partial charge in [0.2, 0.25) is 0 Å². The van der Waals surface area contributed by atoms with E-state index in [1.54, 1.807) is 32.4 Å². The summed E-state index contributed by atoms with van der Waals surface area (Å²) >= 11 is 1.61. The molecule has 2 aromatic heterocycles. The number of ether oxygens (including phenoxy) is 1. The van der Waals surface area contributed by atoms with E-state index in [0.717, 1.165) is 31.7 Å². The zero-order valence-electron chi connectivity index (χ0n) is 15.9. The zero-order valence-corrected chi connectivity index (χ0v) is 16.7. The standard InChI is InChI=1S/C22H20N2O3S/c1-13-20(25)19(22(26)24(2)23-13)18-16-6-4-5-7-17(16)28-21(18)15-10-8-14(9-11-15)12-27-3/h4-11,25H,12H2,1-3H3. The molecule has 6 heteroatoms. The van der Waals surface area contributed by atoms with Crippen LogP contribution in [0.5, 0.6) is 5.75 Å². The van der Waals surface area contributed by atoms with Crippen LogP contribution in [0.3, 0.4) is 0 Å². The van der Waals surface area contributed by atoms with Crippen LogP contribution in [0.2, 0.25) is 0 Å². The van der Waals surface area contributed by atoms with E-state index < -0.39 is 0 Å². The molecule has 0 aliphatic rings. The fraction of sp³-hybridized carbons (Fsp3) is 0.182. The summed E-state index contributed by atoms with van der Waals surface area (Å²) in [4.78, 5) is 13.9. The molecule has 4 aromatic rings. The lowest BCUT2D eigenvalue weighted by Crippen LogP contribution is -2.22. The largest absolute Gasteiger partial charge is 0.505 e. The maximum absolute atomic E-state index is 12.9. The highest BCUT2D eigenvalue weighted by Gasteiger charge is 2.23. The number of aromatic hydroxyl groups is 1. The molecular weight excluding hydrogens is 372 g/mol. The smallest absolute Gasteiger partial charge is 0.278 e. The molecule has 28 heavy (non-hydrogen) atoms. The number of hydrogen-bond donors (Lipinski definition) is 1. The SMILES string of the molecule is COCc1ccc(-c2sc3ccccc3c2-c2c(O)c(C)nn(C)c2=O)cc1. The van der Waals surface area contributed by atoms with E-state index in [-0.39, 0.29) is 11.3 Å². The van der Waals surface area contributed by atoms with Gasteiger partial charge < -0.3 is 9.84 Å². The van der Waals surface area contributed by atoms with Crippen LogP contribution >= 0.6 is 11.3 Å². The Morgan fingerprint density at radius 2 is 1.82 bits per heavy atom. The third-order valence-corrected chi connectivity index (χ3v) is 5.98. The number of fused-ring (bicyclic) bond motifs is 1. The summed E-state index contributed by atoms with van der Waals surface area (Å²) in [5, 5.41) is 15.8. The summed E-state index contributed by atoms with van der Waals surface area (Å²) in [6.45, 7) is 2.25. The molecule has 0 saturated heterocycles. The van der Waals surface area contributed by atoms with Crippen molar-refractivity contribution in [3.8, 4) is 27.3 Å². The number of methoxy groups -OCH3 is 1. The number of thiophene rings is 1. The molecule has 1 N–H and O–H groups in total. The summed E-state index contributed by atoms with van der Waals surface area (Å²) in [5.74, 6) is -0.0658. The van der Waals surface area contributed by atoms with Crippen molar-refractivity contribution in [3.05, 3.63) is 70.1 Å². The second-order valence-electron chi connectivity index (χ2n) is 6.67. The molecule has 4 rings (SSSR count). The number of aromatic nitrogens is 2. The van der Waals surface area contributed by atoms with E-state index in [0.29, 0.717) is 17.9 Å². The monoisotopic (exact) mass is 392 g/mol. The molecule has 2 aromatic carbocycles. The molecular formula is C22H20N2O3S. The van der Waals surface area contributed by atoms with Crippen molar-refractivity contribution in [2.45, 2.75) is 13.5 Å². The van der Waals surface area contributed by atoms with Gasteiger partial charge in [-0.15, -0.1) is 11.3 Å². The number of nitrogens with zero attached hydrogens (tertiary/aromatic N) is 2. The second-order valence-corrected chi connectivity index (χ2v) is 7.72. The van der Waals surface area contributed by atoms with Gasteiger partial charge in [-0.1, -0.05) is 42.5 Å². The van der Waals surface area contributed by atoms with Crippen molar-refractivity contribution < 1.29 is 9.84 Å². The highest BCUT2D eigenvalue weighted by atomic mass is 32.1. The number of rotatable bonds is 4. The van der Waals surface area contributed by atoms with Crippen molar-refractivity contribution in [3.63, 3.8) is 0 Å². The van der Waals surface area contributed by atoms with Crippen molar-refractivity contribution in [1.82, 2.24) is 9.78 Å². The van der Waals surface area contributed by atoms with Gasteiger partial charge in [0.1, 0.15) is 5.69 Å². The first kappa shape index (κ1) is 18.4. The first-order chi connectivity index (χ1) is 13.5. The van der Waals surface area contributed by atoms with Crippen LogP contribution in [0, 0.1) is 6.92 Å².